The van der Waals surface area contributed by atoms with E-state index in [0.717, 1.165) is 0 Å². The molecule has 0 rings (SSSR count). The molecule has 0 aliphatic carbocycles. The summed E-state index contributed by atoms with van der Waals surface area (Å²) in [5, 5.41) is 7.23. The minimum atomic E-state index is -2.74. The molecule has 0 aliphatic rings. The molecule has 0 spiro atoms. The van der Waals surface area contributed by atoms with Gasteiger partial charge >= 0.3 is 51.4 Å². The van der Waals surface area contributed by atoms with Crippen LogP contribution in [0.15, 0.2) is 0 Å². The van der Waals surface area contributed by atoms with Crippen molar-refractivity contribution in [3.63, 3.8) is 0 Å². The van der Waals surface area contributed by atoms with Crippen LogP contribution < -0.4 is 57.0 Å². The normalized spacial score (nSPS) is 12.2. The van der Waals surface area contributed by atoms with Gasteiger partial charge in [-0.3, -0.25) is 0 Å². The number of hydrogen-bond donors (Lipinski definition) is 1. The molecule has 11 heavy (non-hydrogen) atoms. The van der Waals surface area contributed by atoms with Gasteiger partial charge in [0.05, 0.1) is 0 Å². The van der Waals surface area contributed by atoms with Crippen molar-refractivity contribution >= 4 is 34.4 Å². The molecule has 0 fully saturated rings. The second-order valence-corrected chi connectivity index (χ2v) is 1.59. The van der Waals surface area contributed by atoms with Crippen molar-refractivity contribution in [1.82, 2.24) is 5.64 Å². The molecule has 8 nitrogen and oxygen atoms in total. The van der Waals surface area contributed by atoms with Crippen LogP contribution in [-0.2, 0) is 33.9 Å². The fourth-order valence-electron chi connectivity index (χ4n) is 0.0799. The van der Waals surface area contributed by atoms with Crippen LogP contribution >= 0.6 is 23.0 Å². The maximum absolute atomic E-state index is 9.54. The van der Waals surface area contributed by atoms with Crippen molar-refractivity contribution in [3.8, 4) is 0 Å². The number of rotatable bonds is 6. The first-order chi connectivity index (χ1) is 4.77. The predicted molar refractivity (Wildman–Crippen MR) is 31.5 cm³/mol. The fourth-order valence-corrected chi connectivity index (χ4v) is 0.223. The Hall–Kier alpha value is 2.24. The van der Waals surface area contributed by atoms with E-state index < -0.39 is 11.4 Å². The van der Waals surface area contributed by atoms with E-state index in [9.17, 15) is 8.76 Å². The summed E-state index contributed by atoms with van der Waals surface area (Å²) >= 11 is -1.40. The van der Waals surface area contributed by atoms with E-state index in [-0.39, 0.29) is 51.4 Å². The van der Waals surface area contributed by atoms with Gasteiger partial charge < -0.3 is 4.55 Å². The molecule has 0 radical (unpaired) electrons. The maximum atomic E-state index is 9.54. The Labute approximate surface area is 121 Å². The first kappa shape index (κ1) is 15.7. The Morgan fingerprint density at radius 3 is 2.55 bits per heavy atom. The van der Waals surface area contributed by atoms with Gasteiger partial charge in [0.25, 0.3) is 0 Å². The predicted octanol–water partition coefficient (Wildman–Crippen LogP) is -3.62. The molecule has 0 aromatic heterocycles. The Morgan fingerprint density at radius 1 is 1.45 bits per heavy atom. The second-order valence-electron chi connectivity index (χ2n) is 0.653. The van der Waals surface area contributed by atoms with Crippen LogP contribution in [-0.4, -0.2) is 8.76 Å². The van der Waals surface area contributed by atoms with Gasteiger partial charge in [-0.15, -0.1) is 3.22 Å². The molecule has 0 saturated carbocycles. The van der Waals surface area contributed by atoms with E-state index in [4.69, 9.17) is 0 Å². The molecule has 11 heteroatoms. The smallest absolute Gasteiger partial charge is 0.748 e. The van der Waals surface area contributed by atoms with Gasteiger partial charge in [-0.05, 0) is 15.7 Å². The third-order valence-corrected chi connectivity index (χ3v) is 0.575. The third-order valence-electron chi connectivity index (χ3n) is 0.224. The maximum Gasteiger partial charge on any atom is 1.00 e. The number of nitrogens with one attached hydrogen (secondary N) is 1. The van der Waals surface area contributed by atoms with E-state index in [1.807, 2.05) is 0 Å². The summed E-state index contributed by atoms with van der Waals surface area (Å²) in [7, 11) is 0. The third kappa shape index (κ3) is 15.0. The summed E-state index contributed by atoms with van der Waals surface area (Å²) < 4.78 is 26.5. The minimum Gasteiger partial charge on any atom is -0.748 e. The van der Waals surface area contributed by atoms with Gasteiger partial charge in [-0.1, -0.05) is 4.99 Å². The Kier molecular flexibility index (Phi) is 17.5. The summed E-state index contributed by atoms with van der Waals surface area (Å²) in [5.74, 6) is 0. The van der Waals surface area contributed by atoms with Crippen molar-refractivity contribution in [1.29, 1.82) is 0 Å². The molecule has 0 bridgehead atoms. The molecule has 0 aromatic rings. The summed E-state index contributed by atoms with van der Waals surface area (Å²) in [6, 6.07) is 0. The van der Waals surface area contributed by atoms with Crippen LogP contribution in [0.25, 0.3) is 0 Å². The van der Waals surface area contributed by atoms with Gasteiger partial charge in [0.1, 0.15) is 11.4 Å². The van der Waals surface area contributed by atoms with Crippen LogP contribution in [0.5, 0.6) is 0 Å². The van der Waals surface area contributed by atoms with E-state index in [1.54, 1.807) is 0 Å². The van der Waals surface area contributed by atoms with Crippen molar-refractivity contribution in [3.05, 3.63) is 0 Å². The topological polar surface area (TPSA) is 98.3 Å². The zero-order valence-electron chi connectivity index (χ0n) is 5.14. The average Bonchev–Trinajstić information content (AvgIpc) is 1.87. The molecule has 1 unspecified atom stereocenters. The second kappa shape index (κ2) is 12.2. The molecule has 0 saturated heterocycles. The van der Waals surface area contributed by atoms with Gasteiger partial charge in [0.15, 0.2) is 23.0 Å². The summed E-state index contributed by atoms with van der Waals surface area (Å²) in [5.41, 5.74) is 1.38. The minimum absolute atomic E-state index is 0. The van der Waals surface area contributed by atoms with Crippen LogP contribution in [0.4, 0.5) is 0 Å². The van der Waals surface area contributed by atoms with E-state index in [2.05, 4.69) is 22.6 Å². The Bertz CT molecular complexity index is 100. The first-order valence-corrected chi connectivity index (χ1v) is 3.44. The fraction of sp³-hybridized carbons (Fsp3) is 0. The zero-order valence-corrected chi connectivity index (χ0v) is 11.2. The van der Waals surface area contributed by atoms with Crippen LogP contribution in [0, 0.1) is 0 Å². The SMILES string of the molecule is O=S([O-])ONOOOOI.[K+]. The van der Waals surface area contributed by atoms with Crippen LogP contribution in [0.1, 0.15) is 0 Å². The van der Waals surface area contributed by atoms with Crippen LogP contribution in [0.2, 0.25) is 0 Å². The van der Waals surface area contributed by atoms with Gasteiger partial charge in [-0.2, -0.15) is 4.28 Å². The summed E-state index contributed by atoms with van der Waals surface area (Å²) in [6.07, 6.45) is 0. The van der Waals surface area contributed by atoms with Crippen molar-refractivity contribution in [2.75, 3.05) is 0 Å². The molecule has 0 aromatic carbocycles. The number of hydrogen-bond acceptors (Lipinski definition) is 8. The summed E-state index contributed by atoms with van der Waals surface area (Å²) in [4.78, 5) is 3.67. The monoisotopic (exact) mass is 325 g/mol. The Morgan fingerprint density at radius 2 is 2.09 bits per heavy atom. The van der Waals surface area contributed by atoms with Gasteiger partial charge in [0, 0.05) is 0 Å². The molecule has 0 heterocycles. The summed E-state index contributed by atoms with van der Waals surface area (Å²) in [6.45, 7) is 0. The van der Waals surface area contributed by atoms with Crippen molar-refractivity contribution in [2.24, 2.45) is 0 Å². The standard InChI is InChI=1S/H2INO7S.K/c1-5-8-9-6-2-7-10(3)4;/h2H,(H,3,4);/q;+1/p-1. The molecule has 1 N–H and O–H groups in total. The van der Waals surface area contributed by atoms with E-state index >= 15 is 0 Å². The van der Waals surface area contributed by atoms with Gasteiger partial charge in [0.2, 0.25) is 0 Å². The van der Waals surface area contributed by atoms with E-state index in [1.165, 1.54) is 28.6 Å². The quantitative estimate of drug-likeness (QED) is 0.133. The molecule has 1 atom stereocenters. The van der Waals surface area contributed by atoms with Crippen LogP contribution in [0.3, 0.4) is 0 Å². The Balaban J connectivity index is 0. The zero-order chi connectivity index (χ0) is 7.82. The largest absolute Gasteiger partial charge is 1.00 e. The first-order valence-electron chi connectivity index (χ1n) is 1.56. The molecular formula is HIKNO7S. The molecule has 0 amide bonds. The molecule has 62 valence electrons. The van der Waals surface area contributed by atoms with E-state index in [0.29, 0.717) is 0 Å². The van der Waals surface area contributed by atoms with Gasteiger partial charge in [-0.25, -0.2) is 4.21 Å². The molecule has 0 aliphatic heterocycles. The number of halogens is 1. The van der Waals surface area contributed by atoms with Crippen molar-refractivity contribution in [2.45, 2.75) is 0 Å². The average molecular weight is 325 g/mol. The molecular weight excluding hydrogens is 324 g/mol. The van der Waals surface area contributed by atoms with Crippen molar-refractivity contribution < 1.29 is 82.7 Å².